The summed E-state index contributed by atoms with van der Waals surface area (Å²) in [6.07, 6.45) is 0.139. The van der Waals surface area contributed by atoms with Gasteiger partial charge >= 0.3 is 5.97 Å². The molecule has 0 bridgehead atoms. The fraction of sp³-hybridized carbons (Fsp3) is 0.533. The predicted molar refractivity (Wildman–Crippen MR) is 75.8 cm³/mol. The molecule has 0 aliphatic rings. The number of benzene rings is 1. The smallest absolute Gasteiger partial charge is 0.304 e. The van der Waals surface area contributed by atoms with Crippen molar-refractivity contribution < 1.29 is 14.6 Å². The topological polar surface area (TPSA) is 58.6 Å². The summed E-state index contributed by atoms with van der Waals surface area (Å²) < 4.78 is 5.57. The number of hydrogen-bond acceptors (Lipinski definition) is 3. The lowest BCUT2D eigenvalue weighted by molar-refractivity contribution is -0.136. The van der Waals surface area contributed by atoms with Gasteiger partial charge in [-0.05, 0) is 23.1 Å². The molecule has 0 heterocycles. The Morgan fingerprint density at radius 1 is 1.21 bits per heavy atom. The summed E-state index contributed by atoms with van der Waals surface area (Å²) in [5.41, 5.74) is 1.43. The van der Waals surface area contributed by atoms with E-state index in [1.807, 2.05) is 12.1 Å². The number of carboxylic acids is 1. The second-order valence-corrected chi connectivity index (χ2v) is 5.52. The summed E-state index contributed by atoms with van der Waals surface area (Å²) in [5.74, 6) is 0.0548. The maximum absolute atomic E-state index is 10.3. The van der Waals surface area contributed by atoms with Crippen molar-refractivity contribution in [2.24, 2.45) is 0 Å². The van der Waals surface area contributed by atoms with Crippen LogP contribution in [-0.4, -0.2) is 30.8 Å². The predicted octanol–water partition coefficient (Wildman–Crippen LogP) is 2.43. The molecule has 1 aromatic carbocycles. The molecule has 1 aromatic rings. The van der Waals surface area contributed by atoms with E-state index in [1.54, 1.807) is 0 Å². The van der Waals surface area contributed by atoms with Gasteiger partial charge in [0.1, 0.15) is 12.4 Å². The van der Waals surface area contributed by atoms with Crippen molar-refractivity contribution in [3.05, 3.63) is 29.8 Å². The molecule has 1 rings (SSSR count). The average molecular weight is 265 g/mol. The van der Waals surface area contributed by atoms with Crippen molar-refractivity contribution in [1.29, 1.82) is 0 Å². The van der Waals surface area contributed by atoms with Crippen LogP contribution in [0.4, 0.5) is 0 Å². The molecule has 19 heavy (non-hydrogen) atoms. The highest BCUT2D eigenvalue weighted by atomic mass is 16.5. The Kier molecular flexibility index (Phi) is 5.83. The molecule has 0 saturated heterocycles. The SMILES string of the molecule is CC(C)(C)c1ccc(OCCNCCC(=O)O)cc1. The Labute approximate surface area is 114 Å². The van der Waals surface area contributed by atoms with Gasteiger partial charge in [0.15, 0.2) is 0 Å². The summed E-state index contributed by atoms with van der Waals surface area (Å²) in [6.45, 7) is 8.18. The van der Waals surface area contributed by atoms with Crippen molar-refractivity contribution in [1.82, 2.24) is 5.32 Å². The third kappa shape index (κ3) is 6.25. The Balaban J connectivity index is 2.25. The van der Waals surface area contributed by atoms with Crippen LogP contribution in [-0.2, 0) is 10.2 Å². The van der Waals surface area contributed by atoms with Gasteiger partial charge in [-0.3, -0.25) is 4.79 Å². The zero-order chi connectivity index (χ0) is 14.3. The molecule has 0 saturated carbocycles. The van der Waals surface area contributed by atoms with E-state index in [0.717, 1.165) is 5.75 Å². The molecule has 4 nitrogen and oxygen atoms in total. The van der Waals surface area contributed by atoms with Gasteiger partial charge in [-0.1, -0.05) is 32.9 Å². The zero-order valence-corrected chi connectivity index (χ0v) is 11.9. The van der Waals surface area contributed by atoms with E-state index < -0.39 is 5.97 Å². The third-order valence-corrected chi connectivity index (χ3v) is 2.78. The van der Waals surface area contributed by atoms with Crippen LogP contribution in [0.5, 0.6) is 5.75 Å². The van der Waals surface area contributed by atoms with Crippen LogP contribution in [0.3, 0.4) is 0 Å². The summed E-state index contributed by atoms with van der Waals surface area (Å²) >= 11 is 0. The van der Waals surface area contributed by atoms with Gasteiger partial charge < -0.3 is 15.2 Å². The Morgan fingerprint density at radius 3 is 2.37 bits per heavy atom. The van der Waals surface area contributed by atoms with Crippen molar-refractivity contribution >= 4 is 5.97 Å². The normalized spacial score (nSPS) is 11.3. The molecular weight excluding hydrogens is 242 g/mol. The van der Waals surface area contributed by atoms with Gasteiger partial charge in [0.25, 0.3) is 0 Å². The monoisotopic (exact) mass is 265 g/mol. The number of hydrogen-bond donors (Lipinski definition) is 2. The molecule has 2 N–H and O–H groups in total. The molecule has 0 aromatic heterocycles. The number of ether oxygens (including phenoxy) is 1. The minimum absolute atomic E-state index is 0.139. The summed E-state index contributed by atoms with van der Waals surface area (Å²) in [6, 6.07) is 8.09. The van der Waals surface area contributed by atoms with Gasteiger partial charge in [-0.15, -0.1) is 0 Å². The van der Waals surface area contributed by atoms with Crippen LogP contribution in [0.25, 0.3) is 0 Å². The van der Waals surface area contributed by atoms with E-state index in [2.05, 4.69) is 38.2 Å². The van der Waals surface area contributed by atoms with Crippen LogP contribution < -0.4 is 10.1 Å². The maximum Gasteiger partial charge on any atom is 0.304 e. The van der Waals surface area contributed by atoms with E-state index >= 15 is 0 Å². The summed E-state index contributed by atoms with van der Waals surface area (Å²) in [4.78, 5) is 10.3. The van der Waals surface area contributed by atoms with Crippen molar-refractivity contribution in [2.45, 2.75) is 32.6 Å². The quantitative estimate of drug-likeness (QED) is 0.743. The maximum atomic E-state index is 10.3. The Hall–Kier alpha value is -1.55. The van der Waals surface area contributed by atoms with Crippen LogP contribution in [0.2, 0.25) is 0 Å². The second-order valence-electron chi connectivity index (χ2n) is 5.52. The average Bonchev–Trinajstić information content (AvgIpc) is 2.32. The molecule has 4 heteroatoms. The third-order valence-electron chi connectivity index (χ3n) is 2.78. The number of aliphatic carboxylic acids is 1. The fourth-order valence-electron chi connectivity index (χ4n) is 1.61. The molecule has 0 unspecified atom stereocenters. The van der Waals surface area contributed by atoms with Gasteiger partial charge in [-0.25, -0.2) is 0 Å². The van der Waals surface area contributed by atoms with E-state index in [9.17, 15) is 4.79 Å². The van der Waals surface area contributed by atoms with Crippen molar-refractivity contribution in [2.75, 3.05) is 19.7 Å². The number of carbonyl (C=O) groups is 1. The molecule has 106 valence electrons. The highest BCUT2D eigenvalue weighted by Crippen LogP contribution is 2.24. The van der Waals surface area contributed by atoms with Crippen LogP contribution in [0.1, 0.15) is 32.8 Å². The molecule has 0 aliphatic carbocycles. The zero-order valence-electron chi connectivity index (χ0n) is 11.9. The second kappa shape index (κ2) is 7.14. The lowest BCUT2D eigenvalue weighted by Crippen LogP contribution is -2.23. The molecule has 0 radical (unpaired) electrons. The molecule has 0 amide bonds. The minimum Gasteiger partial charge on any atom is -0.492 e. The van der Waals surface area contributed by atoms with E-state index in [0.29, 0.717) is 19.7 Å². The highest BCUT2D eigenvalue weighted by molar-refractivity contribution is 5.66. The molecule has 0 fully saturated rings. The Morgan fingerprint density at radius 2 is 1.84 bits per heavy atom. The van der Waals surface area contributed by atoms with Gasteiger partial charge in [-0.2, -0.15) is 0 Å². The van der Waals surface area contributed by atoms with Crippen LogP contribution in [0.15, 0.2) is 24.3 Å². The number of carboxylic acid groups (broad SMARTS) is 1. The van der Waals surface area contributed by atoms with Gasteiger partial charge in [0, 0.05) is 13.1 Å². The first-order valence-corrected chi connectivity index (χ1v) is 6.55. The lowest BCUT2D eigenvalue weighted by Gasteiger charge is -2.19. The fourth-order valence-corrected chi connectivity index (χ4v) is 1.61. The van der Waals surface area contributed by atoms with Gasteiger partial charge in [0.2, 0.25) is 0 Å². The first-order valence-electron chi connectivity index (χ1n) is 6.55. The van der Waals surface area contributed by atoms with E-state index in [-0.39, 0.29) is 11.8 Å². The van der Waals surface area contributed by atoms with Crippen molar-refractivity contribution in [3.63, 3.8) is 0 Å². The van der Waals surface area contributed by atoms with Crippen molar-refractivity contribution in [3.8, 4) is 5.75 Å². The molecule has 0 spiro atoms. The van der Waals surface area contributed by atoms with Gasteiger partial charge in [0.05, 0.1) is 6.42 Å². The number of rotatable bonds is 7. The number of nitrogens with one attached hydrogen (secondary N) is 1. The largest absolute Gasteiger partial charge is 0.492 e. The molecular formula is C15H23NO3. The van der Waals surface area contributed by atoms with E-state index in [1.165, 1.54) is 5.56 Å². The Bertz CT molecular complexity index is 393. The molecule has 0 atom stereocenters. The first-order chi connectivity index (χ1) is 8.89. The summed E-state index contributed by atoms with van der Waals surface area (Å²) in [7, 11) is 0. The van der Waals surface area contributed by atoms with E-state index in [4.69, 9.17) is 9.84 Å². The lowest BCUT2D eigenvalue weighted by atomic mass is 9.87. The summed E-state index contributed by atoms with van der Waals surface area (Å²) in [5, 5.41) is 11.5. The molecule has 0 aliphatic heterocycles. The first kappa shape index (κ1) is 15.5. The minimum atomic E-state index is -0.786. The van der Waals surface area contributed by atoms with Crippen LogP contribution in [0, 0.1) is 0 Å². The standard InChI is InChI=1S/C15H23NO3/c1-15(2,3)12-4-6-13(7-5-12)19-11-10-16-9-8-14(17)18/h4-7,16H,8-11H2,1-3H3,(H,17,18). The highest BCUT2D eigenvalue weighted by Gasteiger charge is 2.12. The van der Waals surface area contributed by atoms with Crippen LogP contribution >= 0.6 is 0 Å².